The molecule has 0 radical (unpaired) electrons. The summed E-state index contributed by atoms with van der Waals surface area (Å²) in [5.74, 6) is 0. The Morgan fingerprint density at radius 2 is 2.00 bits per heavy atom. The number of fused-ring (bicyclic) bond motifs is 1. The molecule has 1 aliphatic carbocycles. The highest BCUT2D eigenvalue weighted by Gasteiger charge is 2.11. The molecule has 0 saturated heterocycles. The van der Waals surface area contributed by atoms with Gasteiger partial charge in [0.25, 0.3) is 0 Å². The van der Waals surface area contributed by atoms with Crippen LogP contribution in [0.1, 0.15) is 36.1 Å². The fourth-order valence-corrected chi connectivity index (χ4v) is 2.20. The second-order valence-electron chi connectivity index (χ2n) is 3.59. The average Bonchev–Trinajstić information content (AvgIpc) is 2.63. The highest BCUT2D eigenvalue weighted by Crippen LogP contribution is 2.26. The lowest BCUT2D eigenvalue weighted by Gasteiger charge is -2.10. The van der Waals surface area contributed by atoms with E-state index in [1.807, 2.05) is 0 Å². The topological polar surface area (TPSA) is 0 Å². The van der Waals surface area contributed by atoms with Crippen molar-refractivity contribution < 1.29 is 0 Å². The Balaban J connectivity index is 2.58. The van der Waals surface area contributed by atoms with Gasteiger partial charge in [-0.15, -0.1) is 0 Å². The van der Waals surface area contributed by atoms with E-state index in [0.717, 1.165) is 19.3 Å². The second-order valence-corrected chi connectivity index (χ2v) is 3.59. The van der Waals surface area contributed by atoms with Crippen molar-refractivity contribution in [3.05, 3.63) is 40.5 Å². The maximum absolute atomic E-state index is 2.30. The number of hydrogen-bond acceptors (Lipinski definition) is 0. The molecule has 0 unspecified atom stereocenters. The van der Waals surface area contributed by atoms with Gasteiger partial charge in [0.05, 0.1) is 0 Å². The fourth-order valence-electron chi connectivity index (χ4n) is 2.20. The Bertz CT molecular complexity index is 345. The zero-order valence-corrected chi connectivity index (χ0v) is 8.43. The van der Waals surface area contributed by atoms with Gasteiger partial charge in [0.15, 0.2) is 0 Å². The van der Waals surface area contributed by atoms with E-state index < -0.39 is 0 Å². The molecule has 0 heterocycles. The first kappa shape index (κ1) is 8.55. The van der Waals surface area contributed by atoms with E-state index in [9.17, 15) is 0 Å². The van der Waals surface area contributed by atoms with Crippen LogP contribution in [0.4, 0.5) is 0 Å². The van der Waals surface area contributed by atoms with Crippen molar-refractivity contribution in [2.45, 2.75) is 33.1 Å². The van der Waals surface area contributed by atoms with Gasteiger partial charge in [-0.2, -0.15) is 0 Å². The summed E-state index contributed by atoms with van der Waals surface area (Å²) >= 11 is 0. The van der Waals surface area contributed by atoms with E-state index in [1.54, 1.807) is 5.56 Å². The van der Waals surface area contributed by atoms with Crippen LogP contribution in [0, 0.1) is 0 Å². The van der Waals surface area contributed by atoms with Crippen molar-refractivity contribution in [3.63, 3.8) is 0 Å². The quantitative estimate of drug-likeness (QED) is 0.641. The summed E-state index contributed by atoms with van der Waals surface area (Å²) in [4.78, 5) is 0. The van der Waals surface area contributed by atoms with Gasteiger partial charge >= 0.3 is 0 Å². The predicted molar refractivity (Wildman–Crippen MR) is 57.9 cm³/mol. The Morgan fingerprint density at radius 3 is 2.69 bits per heavy atom. The molecule has 1 aromatic rings. The number of hydrogen-bond donors (Lipinski definition) is 0. The van der Waals surface area contributed by atoms with Crippen LogP contribution in [-0.4, -0.2) is 0 Å². The molecule has 0 bridgehead atoms. The maximum Gasteiger partial charge on any atom is -0.00881 e. The number of allylic oxidation sites excluding steroid dienone is 1. The van der Waals surface area contributed by atoms with E-state index >= 15 is 0 Å². The Morgan fingerprint density at radius 1 is 1.15 bits per heavy atom. The molecule has 0 atom stereocenters. The molecule has 13 heavy (non-hydrogen) atoms. The summed E-state index contributed by atoms with van der Waals surface area (Å²) in [6.45, 7) is 4.49. The Labute approximate surface area is 80.3 Å². The molecule has 0 spiro atoms. The van der Waals surface area contributed by atoms with Gasteiger partial charge in [0.2, 0.25) is 0 Å². The minimum atomic E-state index is 1.13. The van der Waals surface area contributed by atoms with Crippen LogP contribution in [0.25, 0.3) is 6.08 Å². The zero-order chi connectivity index (χ0) is 9.26. The average molecular weight is 172 g/mol. The molecule has 1 aromatic carbocycles. The van der Waals surface area contributed by atoms with Crippen molar-refractivity contribution in [2.75, 3.05) is 0 Å². The molecule has 0 N–H and O–H groups in total. The normalized spacial score (nSPS) is 13.4. The molecule has 0 amide bonds. The molecule has 0 fully saturated rings. The SMILES string of the molecule is CCc1ccc2c(c1CC)C=CC2. The number of benzene rings is 1. The molecule has 1 aliphatic rings. The van der Waals surface area contributed by atoms with Crippen LogP contribution < -0.4 is 0 Å². The van der Waals surface area contributed by atoms with Gasteiger partial charge in [0.1, 0.15) is 0 Å². The molecular weight excluding hydrogens is 156 g/mol. The third-order valence-electron chi connectivity index (χ3n) is 2.90. The molecule has 0 heteroatoms. The van der Waals surface area contributed by atoms with Crippen LogP contribution in [0.3, 0.4) is 0 Å². The zero-order valence-electron chi connectivity index (χ0n) is 8.43. The standard InChI is InChI=1S/C13H16/c1-3-10-8-9-11-6-5-7-13(11)12(10)4-2/h5,7-9H,3-4,6H2,1-2H3. The first-order chi connectivity index (χ1) is 6.36. The third kappa shape index (κ3) is 1.31. The summed E-state index contributed by atoms with van der Waals surface area (Å²) in [6, 6.07) is 4.58. The first-order valence-electron chi connectivity index (χ1n) is 5.17. The first-order valence-corrected chi connectivity index (χ1v) is 5.17. The molecular formula is C13H16. The molecule has 68 valence electrons. The minimum absolute atomic E-state index is 1.13. The molecule has 0 nitrogen and oxygen atoms in total. The van der Waals surface area contributed by atoms with Crippen LogP contribution in [0.2, 0.25) is 0 Å². The summed E-state index contributed by atoms with van der Waals surface area (Å²) in [6.07, 6.45) is 8.00. The Hall–Kier alpha value is -1.04. The van der Waals surface area contributed by atoms with E-state index in [2.05, 4.69) is 38.1 Å². The molecule has 0 saturated carbocycles. The van der Waals surface area contributed by atoms with Crippen molar-refractivity contribution >= 4 is 6.08 Å². The number of rotatable bonds is 2. The van der Waals surface area contributed by atoms with Crippen LogP contribution in [0.5, 0.6) is 0 Å². The van der Waals surface area contributed by atoms with Gasteiger partial charge < -0.3 is 0 Å². The maximum atomic E-state index is 2.30. The van der Waals surface area contributed by atoms with E-state index in [1.165, 1.54) is 16.7 Å². The lowest BCUT2D eigenvalue weighted by Crippen LogP contribution is -1.96. The van der Waals surface area contributed by atoms with E-state index in [0.29, 0.717) is 0 Å². The number of aryl methyl sites for hydroxylation is 1. The summed E-state index contributed by atoms with van der Waals surface area (Å²) < 4.78 is 0. The van der Waals surface area contributed by atoms with Gasteiger partial charge in [-0.25, -0.2) is 0 Å². The van der Waals surface area contributed by atoms with E-state index in [-0.39, 0.29) is 0 Å². The van der Waals surface area contributed by atoms with Crippen molar-refractivity contribution in [2.24, 2.45) is 0 Å². The lowest BCUT2D eigenvalue weighted by molar-refractivity contribution is 1.02. The van der Waals surface area contributed by atoms with E-state index in [4.69, 9.17) is 0 Å². The van der Waals surface area contributed by atoms with Gasteiger partial charge in [0, 0.05) is 0 Å². The monoisotopic (exact) mass is 172 g/mol. The second kappa shape index (κ2) is 3.37. The summed E-state index contributed by atoms with van der Waals surface area (Å²) in [5, 5.41) is 0. The van der Waals surface area contributed by atoms with Gasteiger partial charge in [-0.3, -0.25) is 0 Å². The largest absolute Gasteiger partial charge is 0.0795 e. The smallest absolute Gasteiger partial charge is 0.00881 e. The summed E-state index contributed by atoms with van der Waals surface area (Å²) in [7, 11) is 0. The van der Waals surface area contributed by atoms with Gasteiger partial charge in [-0.1, -0.05) is 38.1 Å². The molecule has 2 rings (SSSR count). The highest BCUT2D eigenvalue weighted by molar-refractivity contribution is 5.65. The Kier molecular flexibility index (Phi) is 2.22. The molecule has 0 aliphatic heterocycles. The summed E-state index contributed by atoms with van der Waals surface area (Å²) in [5.41, 5.74) is 6.09. The highest BCUT2D eigenvalue weighted by atomic mass is 14.2. The van der Waals surface area contributed by atoms with Crippen LogP contribution in [0.15, 0.2) is 18.2 Å². The van der Waals surface area contributed by atoms with Gasteiger partial charge in [-0.05, 0) is 41.5 Å². The fraction of sp³-hybridized carbons (Fsp3) is 0.385. The minimum Gasteiger partial charge on any atom is -0.0795 e. The molecule has 0 aromatic heterocycles. The third-order valence-corrected chi connectivity index (χ3v) is 2.90. The lowest BCUT2D eigenvalue weighted by atomic mass is 9.94. The predicted octanol–water partition coefficient (Wildman–Crippen LogP) is 3.38. The van der Waals surface area contributed by atoms with Crippen LogP contribution >= 0.6 is 0 Å². The van der Waals surface area contributed by atoms with Crippen molar-refractivity contribution in [3.8, 4) is 0 Å². The van der Waals surface area contributed by atoms with Crippen molar-refractivity contribution in [1.29, 1.82) is 0 Å². The van der Waals surface area contributed by atoms with Crippen LogP contribution in [-0.2, 0) is 19.3 Å². The van der Waals surface area contributed by atoms with Crippen molar-refractivity contribution in [1.82, 2.24) is 0 Å².